The molecular weight excluding hydrogens is 348 g/mol. The average Bonchev–Trinajstić information content (AvgIpc) is 2.52. The Morgan fingerprint density at radius 2 is 1.54 bits per heavy atom. The first-order chi connectivity index (χ1) is 11.3. The van der Waals surface area contributed by atoms with Crippen LogP contribution in [-0.4, -0.2) is 14.2 Å². The van der Waals surface area contributed by atoms with Gasteiger partial charge >= 0.3 is 0 Å². The van der Waals surface area contributed by atoms with Gasteiger partial charge in [-0.15, -0.1) is 0 Å². The third kappa shape index (κ3) is 2.54. The van der Waals surface area contributed by atoms with E-state index in [2.05, 4.69) is 9.97 Å². The van der Waals surface area contributed by atoms with Gasteiger partial charge in [0.25, 0.3) is 0 Å². The van der Waals surface area contributed by atoms with Crippen LogP contribution in [0.2, 0.25) is 0 Å². The molecule has 0 radical (unpaired) electrons. The normalized spacial score (nSPS) is 12.5. The van der Waals surface area contributed by atoms with Crippen LogP contribution in [0.4, 0.5) is 29.3 Å². The minimum Gasteiger partial charge on any atom is -0.383 e. The van der Waals surface area contributed by atoms with Crippen LogP contribution >= 0.6 is 0 Å². The lowest BCUT2D eigenvalue weighted by Crippen LogP contribution is -2.06. The molecule has 0 fully saturated rings. The lowest BCUT2D eigenvalue weighted by molar-refractivity contribution is 0.423. The molecule has 1 heterocycles. The quantitative estimate of drug-likeness (QED) is 0.543. The molecule has 0 aliphatic heterocycles. The van der Waals surface area contributed by atoms with Crippen LogP contribution in [-0.2, 0) is 10.8 Å². The van der Waals surface area contributed by atoms with E-state index in [1.165, 1.54) is 18.2 Å². The Bertz CT molecular complexity index is 986. The van der Waals surface area contributed by atoms with Crippen molar-refractivity contribution < 1.29 is 21.8 Å². The van der Waals surface area contributed by atoms with Gasteiger partial charge in [-0.05, 0) is 18.2 Å². The number of hydrogen-bond donors (Lipinski definition) is 2. The fourth-order valence-corrected chi connectivity index (χ4v) is 3.27. The number of hydrogen-bond acceptors (Lipinski definition) is 5. The number of anilines is 2. The van der Waals surface area contributed by atoms with Gasteiger partial charge < -0.3 is 11.5 Å². The lowest BCUT2D eigenvalue weighted by atomic mass is 10.2. The van der Waals surface area contributed by atoms with E-state index in [1.54, 1.807) is 0 Å². The largest absolute Gasteiger partial charge is 0.383 e. The molecule has 0 aliphatic rings. The summed E-state index contributed by atoms with van der Waals surface area (Å²) in [5, 5.41) is 0.229. The van der Waals surface area contributed by atoms with Crippen molar-refractivity contribution in [3.05, 3.63) is 47.5 Å². The summed E-state index contributed by atoms with van der Waals surface area (Å²) in [7, 11) is -2.53. The highest BCUT2D eigenvalue weighted by atomic mass is 32.2. The third-order valence-corrected chi connectivity index (χ3v) is 4.60. The first-order valence-electron chi connectivity index (χ1n) is 6.37. The monoisotopic (exact) mass is 356 g/mol. The summed E-state index contributed by atoms with van der Waals surface area (Å²) in [5.41, 5.74) is 11.4. The van der Waals surface area contributed by atoms with Crippen LogP contribution in [0.15, 0.2) is 34.1 Å². The number of benzene rings is 2. The molecule has 124 valence electrons. The number of aromatic nitrogens is 2. The maximum absolute atomic E-state index is 13.8. The molecule has 2 aromatic carbocycles. The molecule has 0 saturated heterocycles. The van der Waals surface area contributed by atoms with Crippen LogP contribution in [0, 0.1) is 23.3 Å². The fraction of sp³-hybridized carbons (Fsp3) is 0. The molecule has 1 unspecified atom stereocenters. The number of nitrogens with two attached hydrogens (primary N) is 2. The standard InChI is InChI=1S/C14H8F4N4OS/c15-7-4-8(16)11(18)12(10(7)17)24(23)5-1-2-9-6(3-5)13(19)22-14(20)21-9/h1-4H,(H4,19,20,21,22). The van der Waals surface area contributed by atoms with Crippen LogP contribution in [0.25, 0.3) is 10.9 Å². The summed E-state index contributed by atoms with van der Waals surface area (Å²) in [6.45, 7) is 0. The van der Waals surface area contributed by atoms with E-state index in [1.807, 2.05) is 0 Å². The van der Waals surface area contributed by atoms with Gasteiger partial charge in [-0.3, -0.25) is 0 Å². The SMILES string of the molecule is Nc1nc(N)c2cc(S(=O)c3c(F)c(F)cc(F)c3F)ccc2n1. The summed E-state index contributed by atoms with van der Waals surface area (Å²) < 4.78 is 66.5. The number of halogens is 4. The molecule has 24 heavy (non-hydrogen) atoms. The molecular formula is C14H8F4N4OS. The molecule has 0 bridgehead atoms. The van der Waals surface area contributed by atoms with Crippen LogP contribution in [0.1, 0.15) is 0 Å². The van der Waals surface area contributed by atoms with E-state index < -0.39 is 39.0 Å². The van der Waals surface area contributed by atoms with Crippen molar-refractivity contribution in [3.8, 4) is 0 Å². The van der Waals surface area contributed by atoms with Crippen molar-refractivity contribution >= 4 is 33.5 Å². The van der Waals surface area contributed by atoms with Gasteiger partial charge in [0.05, 0.1) is 16.3 Å². The second kappa shape index (κ2) is 5.71. The summed E-state index contributed by atoms with van der Waals surface area (Å²) in [5.74, 6) is -6.87. The first kappa shape index (κ1) is 16.1. The highest BCUT2D eigenvalue weighted by Crippen LogP contribution is 2.29. The Morgan fingerprint density at radius 1 is 0.917 bits per heavy atom. The van der Waals surface area contributed by atoms with Gasteiger partial charge in [-0.2, -0.15) is 4.98 Å². The van der Waals surface area contributed by atoms with E-state index in [0.717, 1.165) is 0 Å². The Labute approximate surface area is 134 Å². The topological polar surface area (TPSA) is 94.9 Å². The molecule has 5 nitrogen and oxygen atoms in total. The van der Waals surface area contributed by atoms with E-state index in [9.17, 15) is 21.8 Å². The molecule has 1 aromatic heterocycles. The number of nitrogens with zero attached hydrogens (tertiary/aromatic N) is 2. The molecule has 0 spiro atoms. The lowest BCUT2D eigenvalue weighted by Gasteiger charge is -2.08. The minimum absolute atomic E-state index is 0.0392. The Hall–Kier alpha value is -2.75. The summed E-state index contributed by atoms with van der Waals surface area (Å²) in [4.78, 5) is 6.25. The molecule has 4 N–H and O–H groups in total. The van der Waals surface area contributed by atoms with E-state index in [-0.39, 0.29) is 28.1 Å². The smallest absolute Gasteiger partial charge is 0.222 e. The predicted molar refractivity (Wildman–Crippen MR) is 79.3 cm³/mol. The zero-order valence-electron chi connectivity index (χ0n) is 11.7. The second-order valence-corrected chi connectivity index (χ2v) is 6.13. The Morgan fingerprint density at radius 3 is 2.17 bits per heavy atom. The van der Waals surface area contributed by atoms with E-state index in [0.29, 0.717) is 5.52 Å². The van der Waals surface area contributed by atoms with Crippen molar-refractivity contribution in [2.45, 2.75) is 9.79 Å². The molecule has 1 atom stereocenters. The second-order valence-electron chi connectivity index (χ2n) is 4.71. The zero-order chi connectivity index (χ0) is 17.6. The van der Waals surface area contributed by atoms with E-state index in [4.69, 9.17) is 11.5 Å². The molecule has 0 saturated carbocycles. The van der Waals surface area contributed by atoms with Gasteiger partial charge in [0, 0.05) is 16.3 Å². The average molecular weight is 356 g/mol. The molecule has 3 aromatic rings. The fourth-order valence-electron chi connectivity index (χ4n) is 2.10. The van der Waals surface area contributed by atoms with E-state index >= 15 is 0 Å². The highest BCUT2D eigenvalue weighted by molar-refractivity contribution is 7.85. The van der Waals surface area contributed by atoms with Crippen molar-refractivity contribution in [2.75, 3.05) is 11.5 Å². The summed E-state index contributed by atoms with van der Waals surface area (Å²) in [6.07, 6.45) is 0. The third-order valence-electron chi connectivity index (χ3n) is 3.18. The maximum atomic E-state index is 13.8. The van der Waals surface area contributed by atoms with Crippen molar-refractivity contribution in [2.24, 2.45) is 0 Å². The van der Waals surface area contributed by atoms with Crippen molar-refractivity contribution in [1.29, 1.82) is 0 Å². The predicted octanol–water partition coefficient (Wildman–Crippen LogP) is 2.52. The van der Waals surface area contributed by atoms with Crippen molar-refractivity contribution in [3.63, 3.8) is 0 Å². The number of nitrogen functional groups attached to an aromatic ring is 2. The Balaban J connectivity index is 2.20. The minimum atomic E-state index is -2.53. The number of rotatable bonds is 2. The zero-order valence-corrected chi connectivity index (χ0v) is 12.5. The van der Waals surface area contributed by atoms with Crippen molar-refractivity contribution in [1.82, 2.24) is 9.97 Å². The van der Waals surface area contributed by atoms with Crippen LogP contribution < -0.4 is 11.5 Å². The molecule has 0 aliphatic carbocycles. The first-order valence-corrected chi connectivity index (χ1v) is 7.52. The highest BCUT2D eigenvalue weighted by Gasteiger charge is 2.25. The van der Waals surface area contributed by atoms with Gasteiger partial charge in [-0.25, -0.2) is 26.8 Å². The maximum Gasteiger partial charge on any atom is 0.222 e. The Kier molecular flexibility index (Phi) is 3.84. The van der Waals surface area contributed by atoms with Crippen LogP contribution in [0.3, 0.4) is 0 Å². The summed E-state index contributed by atoms with van der Waals surface area (Å²) in [6, 6.07) is 3.83. The molecule has 3 rings (SSSR count). The van der Waals surface area contributed by atoms with Gasteiger partial charge in [0.15, 0.2) is 23.3 Å². The van der Waals surface area contributed by atoms with Gasteiger partial charge in [0.1, 0.15) is 10.7 Å². The van der Waals surface area contributed by atoms with Crippen LogP contribution in [0.5, 0.6) is 0 Å². The summed E-state index contributed by atoms with van der Waals surface area (Å²) >= 11 is 0. The number of fused-ring (bicyclic) bond motifs is 1. The van der Waals surface area contributed by atoms with Gasteiger partial charge in [0.2, 0.25) is 5.95 Å². The van der Waals surface area contributed by atoms with Gasteiger partial charge in [-0.1, -0.05) is 0 Å². The molecule has 10 heteroatoms. The molecule has 0 amide bonds.